The van der Waals surface area contributed by atoms with Gasteiger partial charge in [-0.1, -0.05) is 0 Å². The highest BCUT2D eigenvalue weighted by atomic mass is 79.9. The molecular weight excluding hydrogens is 240 g/mol. The Morgan fingerprint density at radius 2 is 1.75 bits per heavy atom. The van der Waals surface area contributed by atoms with Crippen molar-refractivity contribution in [2.45, 2.75) is 4.90 Å². The molecule has 0 aliphatic rings. The van der Waals surface area contributed by atoms with E-state index in [1.54, 1.807) is 20.3 Å². The second-order valence-electron chi connectivity index (χ2n) is 2.16. The van der Waals surface area contributed by atoms with Crippen molar-refractivity contribution < 1.29 is 9.47 Å². The van der Waals surface area contributed by atoms with E-state index < -0.39 is 0 Å². The molecule has 1 rings (SSSR count). The lowest BCUT2D eigenvalue weighted by Crippen LogP contribution is -1.89. The predicted octanol–water partition coefficient (Wildman–Crippen LogP) is 2.76. The van der Waals surface area contributed by atoms with E-state index >= 15 is 0 Å². The van der Waals surface area contributed by atoms with Crippen LogP contribution >= 0.6 is 28.6 Å². The van der Waals surface area contributed by atoms with Crippen LogP contribution in [0.5, 0.6) is 11.5 Å². The average Bonchev–Trinajstić information content (AvgIpc) is 2.05. The smallest absolute Gasteiger partial charge is 0.136 e. The lowest BCUT2D eigenvalue weighted by molar-refractivity contribution is 0.386. The van der Waals surface area contributed by atoms with Crippen molar-refractivity contribution in [3.05, 3.63) is 16.6 Å². The SMILES string of the molecule is COc1cc(OC)c(Br)cc1S. The fourth-order valence-electron chi connectivity index (χ4n) is 0.844. The molecule has 4 heteroatoms. The van der Waals surface area contributed by atoms with Gasteiger partial charge in [-0.05, 0) is 22.0 Å². The van der Waals surface area contributed by atoms with Crippen LogP contribution in [0, 0.1) is 0 Å². The summed E-state index contributed by atoms with van der Waals surface area (Å²) in [5.74, 6) is 1.45. The van der Waals surface area contributed by atoms with Crippen LogP contribution in [0.25, 0.3) is 0 Å². The fourth-order valence-corrected chi connectivity index (χ4v) is 1.81. The molecule has 0 bridgehead atoms. The van der Waals surface area contributed by atoms with E-state index in [0.717, 1.165) is 15.1 Å². The molecule has 0 amide bonds. The number of hydrogen-bond donors (Lipinski definition) is 1. The summed E-state index contributed by atoms with van der Waals surface area (Å²) >= 11 is 7.56. The molecule has 0 heterocycles. The van der Waals surface area contributed by atoms with E-state index in [2.05, 4.69) is 28.6 Å². The molecule has 2 nitrogen and oxygen atoms in total. The summed E-state index contributed by atoms with van der Waals surface area (Å²) in [4.78, 5) is 0.783. The Kier molecular flexibility index (Phi) is 3.29. The van der Waals surface area contributed by atoms with Gasteiger partial charge in [-0.2, -0.15) is 0 Å². The Morgan fingerprint density at radius 1 is 1.17 bits per heavy atom. The second kappa shape index (κ2) is 4.05. The molecule has 0 aliphatic carbocycles. The number of halogens is 1. The second-order valence-corrected chi connectivity index (χ2v) is 3.49. The minimum atomic E-state index is 0.707. The molecule has 12 heavy (non-hydrogen) atoms. The monoisotopic (exact) mass is 248 g/mol. The zero-order chi connectivity index (χ0) is 9.14. The Balaban J connectivity index is 3.18. The molecule has 0 atom stereocenters. The summed E-state index contributed by atoms with van der Waals surface area (Å²) in [6.45, 7) is 0. The van der Waals surface area contributed by atoms with Gasteiger partial charge in [-0.15, -0.1) is 12.6 Å². The maximum absolute atomic E-state index is 5.08. The largest absolute Gasteiger partial charge is 0.495 e. The summed E-state index contributed by atoms with van der Waals surface area (Å²) in [5.41, 5.74) is 0. The molecule has 0 unspecified atom stereocenters. The van der Waals surface area contributed by atoms with Crippen molar-refractivity contribution in [2.24, 2.45) is 0 Å². The van der Waals surface area contributed by atoms with E-state index in [9.17, 15) is 0 Å². The molecule has 0 aliphatic heterocycles. The topological polar surface area (TPSA) is 18.5 Å². The van der Waals surface area contributed by atoms with Gasteiger partial charge in [0.2, 0.25) is 0 Å². The van der Waals surface area contributed by atoms with Crippen molar-refractivity contribution in [2.75, 3.05) is 14.2 Å². The van der Waals surface area contributed by atoms with Gasteiger partial charge in [0.05, 0.1) is 18.7 Å². The van der Waals surface area contributed by atoms with Crippen molar-refractivity contribution in [1.82, 2.24) is 0 Å². The number of methoxy groups -OCH3 is 2. The molecule has 0 N–H and O–H groups in total. The lowest BCUT2D eigenvalue weighted by atomic mass is 10.3. The molecule has 0 fully saturated rings. The minimum absolute atomic E-state index is 0.707. The molecule has 0 aromatic heterocycles. The van der Waals surface area contributed by atoms with Gasteiger partial charge in [-0.25, -0.2) is 0 Å². The molecule has 0 spiro atoms. The molecular formula is C8H9BrO2S. The van der Waals surface area contributed by atoms with E-state index in [1.807, 2.05) is 6.07 Å². The van der Waals surface area contributed by atoms with Crippen molar-refractivity contribution in [1.29, 1.82) is 0 Å². The molecule has 1 aromatic carbocycles. The van der Waals surface area contributed by atoms with Gasteiger partial charge in [-0.3, -0.25) is 0 Å². The molecule has 0 radical (unpaired) electrons. The highest BCUT2D eigenvalue weighted by Gasteiger charge is 2.05. The average molecular weight is 249 g/mol. The first-order chi connectivity index (χ1) is 5.69. The van der Waals surface area contributed by atoms with Gasteiger partial charge in [0, 0.05) is 11.0 Å². The number of hydrogen-bond acceptors (Lipinski definition) is 3. The van der Waals surface area contributed by atoms with Crippen molar-refractivity contribution >= 4 is 28.6 Å². The van der Waals surface area contributed by atoms with E-state index in [0.29, 0.717) is 5.75 Å². The maximum Gasteiger partial charge on any atom is 0.136 e. The Morgan fingerprint density at radius 3 is 2.25 bits per heavy atom. The van der Waals surface area contributed by atoms with Crippen LogP contribution in [0.15, 0.2) is 21.5 Å². The minimum Gasteiger partial charge on any atom is -0.495 e. The van der Waals surface area contributed by atoms with Gasteiger partial charge in [0.1, 0.15) is 11.5 Å². The maximum atomic E-state index is 5.08. The summed E-state index contributed by atoms with van der Waals surface area (Å²) in [6.07, 6.45) is 0. The van der Waals surface area contributed by atoms with E-state index in [4.69, 9.17) is 9.47 Å². The highest BCUT2D eigenvalue weighted by Crippen LogP contribution is 2.34. The van der Waals surface area contributed by atoms with Gasteiger partial charge < -0.3 is 9.47 Å². The predicted molar refractivity (Wildman–Crippen MR) is 54.5 cm³/mol. The Labute approximate surface area is 85.4 Å². The summed E-state index contributed by atoms with van der Waals surface area (Å²) in [6, 6.07) is 3.62. The third-order valence-corrected chi connectivity index (χ3v) is 2.42. The summed E-state index contributed by atoms with van der Waals surface area (Å²) in [5, 5.41) is 0. The van der Waals surface area contributed by atoms with Crippen LogP contribution in [0.3, 0.4) is 0 Å². The van der Waals surface area contributed by atoms with Crippen LogP contribution in [0.1, 0.15) is 0 Å². The van der Waals surface area contributed by atoms with Crippen LogP contribution < -0.4 is 9.47 Å². The van der Waals surface area contributed by atoms with Crippen LogP contribution in [0.2, 0.25) is 0 Å². The highest BCUT2D eigenvalue weighted by molar-refractivity contribution is 9.10. The standard InChI is InChI=1S/C8H9BrO2S/c1-10-6-4-7(11-2)8(12)3-5(6)9/h3-4,12H,1-2H3. The number of thiol groups is 1. The van der Waals surface area contributed by atoms with Gasteiger partial charge in [0.25, 0.3) is 0 Å². The van der Waals surface area contributed by atoms with Crippen molar-refractivity contribution in [3.63, 3.8) is 0 Å². The first-order valence-electron chi connectivity index (χ1n) is 3.29. The van der Waals surface area contributed by atoms with Gasteiger partial charge >= 0.3 is 0 Å². The number of benzene rings is 1. The lowest BCUT2D eigenvalue weighted by Gasteiger charge is -2.08. The Bertz CT molecular complexity index is 263. The molecule has 66 valence electrons. The molecule has 1 aromatic rings. The van der Waals surface area contributed by atoms with E-state index in [-0.39, 0.29) is 0 Å². The van der Waals surface area contributed by atoms with Crippen LogP contribution in [-0.2, 0) is 0 Å². The van der Waals surface area contributed by atoms with E-state index in [1.165, 1.54) is 0 Å². The normalized spacial score (nSPS) is 9.67. The molecule has 0 saturated carbocycles. The quantitative estimate of drug-likeness (QED) is 0.812. The summed E-state index contributed by atoms with van der Waals surface area (Å²) < 4.78 is 11.0. The first-order valence-corrected chi connectivity index (χ1v) is 4.53. The molecule has 0 saturated heterocycles. The van der Waals surface area contributed by atoms with Crippen LogP contribution in [-0.4, -0.2) is 14.2 Å². The fraction of sp³-hybridized carbons (Fsp3) is 0.250. The third-order valence-electron chi connectivity index (χ3n) is 1.45. The zero-order valence-electron chi connectivity index (χ0n) is 6.80. The third kappa shape index (κ3) is 1.87. The zero-order valence-corrected chi connectivity index (χ0v) is 9.28. The van der Waals surface area contributed by atoms with Crippen LogP contribution in [0.4, 0.5) is 0 Å². The van der Waals surface area contributed by atoms with Crippen molar-refractivity contribution in [3.8, 4) is 11.5 Å². The first kappa shape index (κ1) is 9.74. The Hall–Kier alpha value is -0.350. The summed E-state index contributed by atoms with van der Waals surface area (Å²) in [7, 11) is 3.21. The van der Waals surface area contributed by atoms with Gasteiger partial charge in [0.15, 0.2) is 0 Å². The number of ether oxygens (including phenoxy) is 2. The number of rotatable bonds is 2.